The van der Waals surface area contributed by atoms with E-state index in [-0.39, 0.29) is 5.60 Å². The van der Waals surface area contributed by atoms with Gasteiger partial charge in [-0.3, -0.25) is 0 Å². The summed E-state index contributed by atoms with van der Waals surface area (Å²) in [7, 11) is 0. The molecule has 0 radical (unpaired) electrons. The molecule has 162 valence electrons. The predicted octanol–water partition coefficient (Wildman–Crippen LogP) is 3.68. The number of nitrogens with two attached hydrogens (primary N) is 2. The molecule has 0 unspecified atom stereocenters. The summed E-state index contributed by atoms with van der Waals surface area (Å²) in [4.78, 5) is 8.83. The maximum absolute atomic E-state index is 6.31. The van der Waals surface area contributed by atoms with Gasteiger partial charge in [0.05, 0.1) is 11.5 Å². The number of fused-ring (bicyclic) bond motifs is 3. The Hall–Kier alpha value is -2.64. The van der Waals surface area contributed by atoms with Gasteiger partial charge in [0, 0.05) is 17.8 Å². The van der Waals surface area contributed by atoms with Crippen LogP contribution in [0.1, 0.15) is 44.6 Å². The number of anilines is 1. The lowest BCUT2D eigenvalue weighted by atomic mass is 9.80. The van der Waals surface area contributed by atoms with Crippen molar-refractivity contribution >= 4 is 16.9 Å². The molecule has 0 spiro atoms. The van der Waals surface area contributed by atoms with E-state index in [2.05, 4.69) is 32.9 Å². The Morgan fingerprint density at radius 2 is 2.03 bits per heavy atom. The number of hydrogen-bond donors (Lipinski definition) is 2. The van der Waals surface area contributed by atoms with Gasteiger partial charge in [0.25, 0.3) is 0 Å². The van der Waals surface area contributed by atoms with E-state index in [9.17, 15) is 0 Å². The van der Waals surface area contributed by atoms with Gasteiger partial charge in [-0.1, -0.05) is 12.1 Å². The SMILES string of the molecule is NCC1CC(n2cc(-c3cccc(OCC45CCC(CC4)O5)c3)c3c(N)ncnc32)C1. The molecule has 2 aromatic heterocycles. The summed E-state index contributed by atoms with van der Waals surface area (Å²) in [6.45, 7) is 1.35. The van der Waals surface area contributed by atoms with Crippen molar-refractivity contribution in [2.75, 3.05) is 18.9 Å². The van der Waals surface area contributed by atoms with Gasteiger partial charge in [0.15, 0.2) is 0 Å². The van der Waals surface area contributed by atoms with E-state index in [4.69, 9.17) is 20.9 Å². The average molecular weight is 420 g/mol. The first kappa shape index (κ1) is 19.1. The second-order valence-corrected chi connectivity index (χ2v) is 9.45. The summed E-state index contributed by atoms with van der Waals surface area (Å²) in [5, 5.41) is 0.909. The number of nitrogens with zero attached hydrogens (tertiary/aromatic N) is 3. The minimum atomic E-state index is -0.0846. The van der Waals surface area contributed by atoms with Gasteiger partial charge in [0.1, 0.15) is 35.7 Å². The molecule has 4 heterocycles. The minimum Gasteiger partial charge on any atom is -0.491 e. The van der Waals surface area contributed by atoms with Crippen LogP contribution in [0.2, 0.25) is 0 Å². The molecule has 2 bridgehead atoms. The van der Waals surface area contributed by atoms with Gasteiger partial charge < -0.3 is 25.5 Å². The molecule has 3 aliphatic rings. The highest BCUT2D eigenvalue weighted by Crippen LogP contribution is 2.45. The van der Waals surface area contributed by atoms with Crippen LogP contribution >= 0.6 is 0 Å². The summed E-state index contributed by atoms with van der Waals surface area (Å²) in [5.74, 6) is 1.96. The number of aromatic nitrogens is 3. The monoisotopic (exact) mass is 419 g/mol. The predicted molar refractivity (Wildman–Crippen MR) is 120 cm³/mol. The van der Waals surface area contributed by atoms with Crippen molar-refractivity contribution < 1.29 is 9.47 Å². The van der Waals surface area contributed by atoms with Gasteiger partial charge >= 0.3 is 0 Å². The largest absolute Gasteiger partial charge is 0.491 e. The third kappa shape index (κ3) is 3.18. The summed E-state index contributed by atoms with van der Waals surface area (Å²) in [5.41, 5.74) is 15.1. The maximum Gasteiger partial charge on any atom is 0.146 e. The molecule has 0 amide bonds. The van der Waals surface area contributed by atoms with Crippen LogP contribution in [0.4, 0.5) is 5.82 Å². The van der Waals surface area contributed by atoms with Crippen LogP contribution in [0.25, 0.3) is 22.2 Å². The highest BCUT2D eigenvalue weighted by molar-refractivity contribution is 6.00. The topological polar surface area (TPSA) is 101 Å². The zero-order valence-electron chi connectivity index (χ0n) is 17.7. The van der Waals surface area contributed by atoms with Crippen LogP contribution in [0, 0.1) is 5.92 Å². The first-order valence-electron chi connectivity index (χ1n) is 11.4. The number of rotatable bonds is 6. The molecule has 1 aromatic carbocycles. The Morgan fingerprint density at radius 1 is 1.19 bits per heavy atom. The van der Waals surface area contributed by atoms with Crippen molar-refractivity contribution in [3.8, 4) is 16.9 Å². The normalized spacial score (nSPS) is 29.4. The van der Waals surface area contributed by atoms with Crippen LogP contribution < -0.4 is 16.2 Å². The zero-order valence-corrected chi connectivity index (χ0v) is 17.7. The van der Waals surface area contributed by atoms with Gasteiger partial charge in [-0.25, -0.2) is 9.97 Å². The molecule has 7 heteroatoms. The molecule has 1 saturated carbocycles. The van der Waals surface area contributed by atoms with Gasteiger partial charge in [-0.05, 0) is 68.7 Å². The van der Waals surface area contributed by atoms with E-state index in [0.717, 1.165) is 73.0 Å². The van der Waals surface area contributed by atoms with Gasteiger partial charge in [-0.15, -0.1) is 0 Å². The Kier molecular flexibility index (Phi) is 4.43. The fraction of sp³-hybridized carbons (Fsp3) is 0.500. The second-order valence-electron chi connectivity index (χ2n) is 9.45. The highest BCUT2D eigenvalue weighted by atomic mass is 16.6. The fourth-order valence-electron chi connectivity index (χ4n) is 5.58. The molecule has 2 aliphatic heterocycles. The lowest BCUT2D eigenvalue weighted by molar-refractivity contribution is -0.0198. The highest BCUT2D eigenvalue weighted by Gasteiger charge is 2.46. The van der Waals surface area contributed by atoms with Gasteiger partial charge in [-0.2, -0.15) is 0 Å². The van der Waals surface area contributed by atoms with Crippen LogP contribution in [0.3, 0.4) is 0 Å². The standard InChI is InChI=1S/C24H29N5O2/c25-11-15-8-17(9-15)29-12-20(21-22(26)27-14-28-23(21)29)16-2-1-3-19(10-16)30-13-24-6-4-18(31-24)5-7-24/h1-3,10,12,14-15,17-18H,4-9,11,13,25H2,(H2,26,27,28). The molecule has 4 N–H and O–H groups in total. The zero-order chi connectivity index (χ0) is 21.0. The Bertz CT molecular complexity index is 1110. The van der Waals surface area contributed by atoms with Crippen LogP contribution in [0.15, 0.2) is 36.8 Å². The number of hydrogen-bond acceptors (Lipinski definition) is 6. The smallest absolute Gasteiger partial charge is 0.146 e. The summed E-state index contributed by atoms with van der Waals surface area (Å²) in [6, 6.07) is 8.64. The molecule has 2 saturated heterocycles. The van der Waals surface area contributed by atoms with Crippen molar-refractivity contribution in [1.82, 2.24) is 14.5 Å². The van der Waals surface area contributed by atoms with E-state index >= 15 is 0 Å². The van der Waals surface area contributed by atoms with E-state index < -0.39 is 0 Å². The first-order chi connectivity index (χ1) is 15.1. The van der Waals surface area contributed by atoms with E-state index in [1.165, 1.54) is 0 Å². The maximum atomic E-state index is 6.31. The molecule has 3 fully saturated rings. The van der Waals surface area contributed by atoms with Crippen molar-refractivity contribution in [3.63, 3.8) is 0 Å². The molecule has 1 aliphatic carbocycles. The Balaban J connectivity index is 1.31. The van der Waals surface area contributed by atoms with E-state index in [1.54, 1.807) is 6.33 Å². The molecule has 0 atom stereocenters. The lowest BCUT2D eigenvalue weighted by Gasteiger charge is -2.35. The number of nitrogen functional groups attached to an aromatic ring is 1. The van der Waals surface area contributed by atoms with Crippen LogP contribution in [0.5, 0.6) is 5.75 Å². The molecule has 7 nitrogen and oxygen atoms in total. The average Bonchev–Trinajstić information content (AvgIpc) is 3.46. The minimum absolute atomic E-state index is 0.0846. The van der Waals surface area contributed by atoms with Gasteiger partial charge in [0.2, 0.25) is 0 Å². The van der Waals surface area contributed by atoms with Crippen LogP contribution in [-0.2, 0) is 4.74 Å². The summed E-state index contributed by atoms with van der Waals surface area (Å²) < 4.78 is 14.6. The molecular weight excluding hydrogens is 390 g/mol. The van der Waals surface area contributed by atoms with Crippen LogP contribution in [-0.4, -0.2) is 39.4 Å². The van der Waals surface area contributed by atoms with Crippen molar-refractivity contribution in [2.24, 2.45) is 11.7 Å². The third-order valence-electron chi connectivity index (χ3n) is 7.48. The quantitative estimate of drug-likeness (QED) is 0.632. The Morgan fingerprint density at radius 3 is 2.77 bits per heavy atom. The van der Waals surface area contributed by atoms with E-state index in [0.29, 0.717) is 30.5 Å². The summed E-state index contributed by atoms with van der Waals surface area (Å²) >= 11 is 0. The number of ether oxygens (including phenoxy) is 2. The third-order valence-corrected chi connectivity index (χ3v) is 7.48. The fourth-order valence-corrected chi connectivity index (χ4v) is 5.58. The van der Waals surface area contributed by atoms with Crippen molar-refractivity contribution in [3.05, 3.63) is 36.8 Å². The van der Waals surface area contributed by atoms with Crippen molar-refractivity contribution in [2.45, 2.75) is 56.3 Å². The van der Waals surface area contributed by atoms with Crippen molar-refractivity contribution in [1.29, 1.82) is 0 Å². The lowest BCUT2D eigenvalue weighted by Crippen LogP contribution is -2.32. The van der Waals surface area contributed by atoms with E-state index in [1.807, 2.05) is 12.1 Å². The second kappa shape index (κ2) is 7.21. The number of benzene rings is 1. The Labute approximate surface area is 181 Å². The first-order valence-corrected chi connectivity index (χ1v) is 11.4. The molecule has 31 heavy (non-hydrogen) atoms. The molecule has 3 aromatic rings. The molecule has 6 rings (SSSR count). The molecular formula is C24H29N5O2. The summed E-state index contributed by atoms with van der Waals surface area (Å²) in [6.07, 6.45) is 10.8.